The quantitative estimate of drug-likeness (QED) is 0.764. The van der Waals surface area contributed by atoms with Crippen molar-refractivity contribution in [1.82, 2.24) is 4.98 Å². The van der Waals surface area contributed by atoms with Crippen molar-refractivity contribution in [2.45, 2.75) is 52.4 Å². The second-order valence-corrected chi connectivity index (χ2v) is 7.22. The van der Waals surface area contributed by atoms with Crippen LogP contribution >= 0.6 is 15.9 Å². The highest BCUT2D eigenvalue weighted by Crippen LogP contribution is 2.66. The summed E-state index contributed by atoms with van der Waals surface area (Å²) in [6, 6.07) is 0. The molecule has 0 radical (unpaired) electrons. The van der Waals surface area contributed by atoms with Crippen LogP contribution in [0.5, 0.6) is 0 Å². The zero-order chi connectivity index (χ0) is 15.4. The van der Waals surface area contributed by atoms with Gasteiger partial charge in [-0.25, -0.2) is 8.78 Å². The Bertz CT molecular complexity index is 578. The van der Waals surface area contributed by atoms with E-state index in [1.165, 1.54) is 11.3 Å². The summed E-state index contributed by atoms with van der Waals surface area (Å²) in [7, 11) is 0. The van der Waals surface area contributed by atoms with E-state index in [0.717, 1.165) is 22.3 Å². The maximum atomic E-state index is 13.5. The maximum Gasteiger partial charge on any atom is 0.254 e. The van der Waals surface area contributed by atoms with Crippen molar-refractivity contribution >= 4 is 21.6 Å². The smallest absolute Gasteiger partial charge is 0.254 e. The molecule has 1 aromatic rings. The second-order valence-electron chi connectivity index (χ2n) is 6.43. The summed E-state index contributed by atoms with van der Waals surface area (Å²) in [5, 5.41) is 0. The number of nitrogens with zero attached hydrogens (tertiary/aromatic N) is 2. The predicted octanol–water partition coefficient (Wildman–Crippen LogP) is 4.65. The Morgan fingerprint density at radius 1 is 1.19 bits per heavy atom. The van der Waals surface area contributed by atoms with Crippen molar-refractivity contribution in [2.75, 3.05) is 18.0 Å². The SMILES string of the molecule is CCc1c(C)nc(C)c(Br)c1N1CCC2(CC1)CC2(F)F. The van der Waals surface area contributed by atoms with Crippen LogP contribution in [0.2, 0.25) is 0 Å². The van der Waals surface area contributed by atoms with Gasteiger partial charge in [0.15, 0.2) is 0 Å². The average molecular weight is 359 g/mol. The number of hydrogen-bond donors (Lipinski definition) is 0. The standard InChI is InChI=1S/C16H21BrF2N2/c1-4-12-10(2)20-11(3)13(17)14(12)21-7-5-15(6-8-21)9-16(15,18)19/h4-9H2,1-3H3. The molecule has 0 aromatic carbocycles. The zero-order valence-electron chi connectivity index (χ0n) is 12.8. The first-order valence-corrected chi connectivity index (χ1v) is 8.39. The molecular formula is C16H21BrF2N2. The third-order valence-corrected chi connectivity index (χ3v) is 6.13. The van der Waals surface area contributed by atoms with Crippen molar-refractivity contribution in [3.8, 4) is 0 Å². The third-order valence-electron chi connectivity index (χ3n) is 5.19. The normalized spacial score (nSPS) is 22.7. The van der Waals surface area contributed by atoms with Gasteiger partial charge in [-0.15, -0.1) is 0 Å². The van der Waals surface area contributed by atoms with E-state index in [4.69, 9.17) is 0 Å². The first kappa shape index (κ1) is 15.2. The molecule has 1 saturated carbocycles. The van der Waals surface area contributed by atoms with Gasteiger partial charge in [-0.3, -0.25) is 4.98 Å². The molecule has 1 aliphatic heterocycles. The topological polar surface area (TPSA) is 16.1 Å². The molecule has 0 bridgehead atoms. The third kappa shape index (κ3) is 2.28. The molecule has 0 amide bonds. The second kappa shape index (κ2) is 4.90. The molecule has 1 spiro atoms. The van der Waals surface area contributed by atoms with Gasteiger partial charge in [0.25, 0.3) is 5.92 Å². The monoisotopic (exact) mass is 358 g/mol. The van der Waals surface area contributed by atoms with Gasteiger partial charge in [0.05, 0.1) is 15.9 Å². The van der Waals surface area contributed by atoms with E-state index in [0.29, 0.717) is 25.9 Å². The Morgan fingerprint density at radius 3 is 2.24 bits per heavy atom. The highest BCUT2D eigenvalue weighted by molar-refractivity contribution is 9.10. The first-order valence-electron chi connectivity index (χ1n) is 7.60. The summed E-state index contributed by atoms with van der Waals surface area (Å²) < 4.78 is 28.1. The molecule has 1 saturated heterocycles. The maximum absolute atomic E-state index is 13.5. The number of alkyl halides is 2. The Hall–Kier alpha value is -0.710. The first-order chi connectivity index (χ1) is 9.81. The van der Waals surface area contributed by atoms with Gasteiger partial charge in [-0.1, -0.05) is 6.92 Å². The van der Waals surface area contributed by atoms with Crippen LogP contribution in [0.1, 0.15) is 43.1 Å². The number of hydrogen-bond acceptors (Lipinski definition) is 2. The molecule has 21 heavy (non-hydrogen) atoms. The number of aryl methyl sites for hydroxylation is 2. The fourth-order valence-corrected chi connectivity index (χ4v) is 4.26. The summed E-state index contributed by atoms with van der Waals surface area (Å²) in [4.78, 5) is 6.84. The molecule has 5 heteroatoms. The number of halogens is 3. The van der Waals surface area contributed by atoms with E-state index in [2.05, 4.69) is 32.7 Å². The van der Waals surface area contributed by atoms with Crippen LogP contribution in [0.15, 0.2) is 4.47 Å². The lowest BCUT2D eigenvalue weighted by atomic mass is 9.92. The molecule has 2 fully saturated rings. The van der Waals surface area contributed by atoms with E-state index >= 15 is 0 Å². The Kier molecular flexibility index (Phi) is 3.55. The van der Waals surface area contributed by atoms with Crippen molar-refractivity contribution in [3.05, 3.63) is 21.4 Å². The fourth-order valence-electron chi connectivity index (χ4n) is 3.68. The number of rotatable bonds is 2. The van der Waals surface area contributed by atoms with Crippen molar-refractivity contribution in [1.29, 1.82) is 0 Å². The molecule has 116 valence electrons. The van der Waals surface area contributed by atoms with Crippen LogP contribution in [0.3, 0.4) is 0 Å². The Morgan fingerprint density at radius 2 is 1.76 bits per heavy atom. The van der Waals surface area contributed by atoms with Gasteiger partial charge < -0.3 is 4.90 Å². The predicted molar refractivity (Wildman–Crippen MR) is 84.2 cm³/mol. The van der Waals surface area contributed by atoms with Gasteiger partial charge in [-0.05, 0) is 54.6 Å². The summed E-state index contributed by atoms with van der Waals surface area (Å²) in [5.41, 5.74) is 3.72. The molecule has 3 rings (SSSR count). The van der Waals surface area contributed by atoms with Gasteiger partial charge in [-0.2, -0.15) is 0 Å². The van der Waals surface area contributed by atoms with Crippen LogP contribution in [0.25, 0.3) is 0 Å². The zero-order valence-corrected chi connectivity index (χ0v) is 14.4. The Balaban J connectivity index is 1.89. The molecule has 1 aromatic heterocycles. The molecule has 0 unspecified atom stereocenters. The van der Waals surface area contributed by atoms with Crippen molar-refractivity contribution < 1.29 is 8.78 Å². The van der Waals surface area contributed by atoms with E-state index in [1.54, 1.807) is 0 Å². The summed E-state index contributed by atoms with van der Waals surface area (Å²) in [6.07, 6.45) is 2.18. The van der Waals surface area contributed by atoms with Crippen LogP contribution in [-0.4, -0.2) is 24.0 Å². The number of piperidine rings is 1. The lowest BCUT2D eigenvalue weighted by Gasteiger charge is -2.36. The van der Waals surface area contributed by atoms with E-state index in [9.17, 15) is 8.78 Å². The van der Waals surface area contributed by atoms with Crippen LogP contribution < -0.4 is 4.90 Å². The fraction of sp³-hybridized carbons (Fsp3) is 0.688. The van der Waals surface area contributed by atoms with Crippen molar-refractivity contribution in [3.63, 3.8) is 0 Å². The van der Waals surface area contributed by atoms with E-state index in [1.807, 2.05) is 13.8 Å². The van der Waals surface area contributed by atoms with Crippen LogP contribution in [0.4, 0.5) is 14.5 Å². The number of anilines is 1. The minimum atomic E-state index is -2.42. The molecule has 0 N–H and O–H groups in total. The van der Waals surface area contributed by atoms with E-state index < -0.39 is 11.3 Å². The molecule has 0 atom stereocenters. The average Bonchev–Trinajstić information content (AvgIpc) is 2.95. The highest BCUT2D eigenvalue weighted by atomic mass is 79.9. The van der Waals surface area contributed by atoms with Crippen LogP contribution in [0, 0.1) is 19.3 Å². The Labute approximate surface area is 133 Å². The lowest BCUT2D eigenvalue weighted by molar-refractivity contribution is 0.0537. The highest BCUT2D eigenvalue weighted by Gasteiger charge is 2.70. The molecular weight excluding hydrogens is 338 g/mol. The summed E-state index contributed by atoms with van der Waals surface area (Å²) in [6.45, 7) is 7.56. The largest absolute Gasteiger partial charge is 0.370 e. The summed E-state index contributed by atoms with van der Waals surface area (Å²) >= 11 is 3.66. The van der Waals surface area contributed by atoms with E-state index in [-0.39, 0.29) is 6.42 Å². The molecule has 2 nitrogen and oxygen atoms in total. The van der Waals surface area contributed by atoms with Crippen molar-refractivity contribution in [2.24, 2.45) is 5.41 Å². The number of pyridine rings is 1. The molecule has 2 heterocycles. The van der Waals surface area contributed by atoms with Gasteiger partial charge in [0.2, 0.25) is 0 Å². The number of aromatic nitrogens is 1. The van der Waals surface area contributed by atoms with Gasteiger partial charge >= 0.3 is 0 Å². The van der Waals surface area contributed by atoms with Gasteiger partial charge in [0.1, 0.15) is 0 Å². The van der Waals surface area contributed by atoms with Crippen LogP contribution in [-0.2, 0) is 6.42 Å². The minimum Gasteiger partial charge on any atom is -0.370 e. The van der Waals surface area contributed by atoms with Gasteiger partial charge in [0, 0.05) is 30.6 Å². The molecule has 1 aliphatic carbocycles. The lowest BCUT2D eigenvalue weighted by Crippen LogP contribution is -2.37. The summed E-state index contributed by atoms with van der Waals surface area (Å²) in [5.74, 6) is -2.42. The minimum absolute atomic E-state index is 0.0873. The molecule has 2 aliphatic rings.